The third-order valence-electron chi connectivity index (χ3n) is 2.80. The van der Waals surface area contributed by atoms with Crippen molar-refractivity contribution >= 4 is 0 Å². The summed E-state index contributed by atoms with van der Waals surface area (Å²) in [5, 5.41) is 0. The number of halogens is 8. The van der Waals surface area contributed by atoms with Crippen LogP contribution in [-0.4, -0.2) is 0 Å². The Balaban J connectivity index is 3.00. The second-order valence-electron chi connectivity index (χ2n) is 4.12. The standard InChI is InChI=1S/C13H4F8/c1-3-2-4(14)8(16)5(7(3)15)6-9(17)11(19)13(21)12(20)10(6)18/h2H,1H3. The predicted octanol–water partition coefficient (Wildman–Crippen LogP) is 4.77. The van der Waals surface area contributed by atoms with E-state index in [2.05, 4.69) is 0 Å². The molecule has 8 heteroatoms. The van der Waals surface area contributed by atoms with Gasteiger partial charge in [0.25, 0.3) is 0 Å². The maximum absolute atomic E-state index is 13.8. The Morgan fingerprint density at radius 1 is 0.524 bits per heavy atom. The van der Waals surface area contributed by atoms with E-state index in [1.54, 1.807) is 0 Å². The molecule has 0 aliphatic heterocycles. The highest BCUT2D eigenvalue weighted by Crippen LogP contribution is 2.36. The van der Waals surface area contributed by atoms with Crippen LogP contribution in [0.2, 0.25) is 0 Å². The Morgan fingerprint density at radius 3 is 1.38 bits per heavy atom. The van der Waals surface area contributed by atoms with Gasteiger partial charge in [0.1, 0.15) is 5.82 Å². The zero-order valence-corrected chi connectivity index (χ0v) is 10.1. The minimum atomic E-state index is -2.48. The molecule has 0 N–H and O–H groups in total. The molecule has 0 unspecified atom stereocenters. The molecule has 0 fully saturated rings. The van der Waals surface area contributed by atoms with Gasteiger partial charge in [0, 0.05) is 0 Å². The normalized spacial score (nSPS) is 11.1. The Labute approximate surface area is 112 Å². The van der Waals surface area contributed by atoms with Crippen molar-refractivity contribution in [3.63, 3.8) is 0 Å². The first-order valence-corrected chi connectivity index (χ1v) is 5.34. The largest absolute Gasteiger partial charge is 0.206 e. The lowest BCUT2D eigenvalue weighted by atomic mass is 9.99. The van der Waals surface area contributed by atoms with Gasteiger partial charge in [-0.3, -0.25) is 0 Å². The van der Waals surface area contributed by atoms with Gasteiger partial charge in [-0.05, 0) is 18.6 Å². The lowest BCUT2D eigenvalue weighted by Crippen LogP contribution is -2.08. The quantitative estimate of drug-likeness (QED) is 0.404. The summed E-state index contributed by atoms with van der Waals surface area (Å²) in [7, 11) is 0. The Bertz CT molecular complexity index is 696. The molecule has 2 aromatic rings. The average molecular weight is 312 g/mol. The fourth-order valence-electron chi connectivity index (χ4n) is 1.77. The van der Waals surface area contributed by atoms with E-state index in [-0.39, 0.29) is 0 Å². The van der Waals surface area contributed by atoms with Crippen LogP contribution in [0.1, 0.15) is 5.56 Å². The van der Waals surface area contributed by atoms with Crippen molar-refractivity contribution in [3.8, 4) is 11.1 Å². The van der Waals surface area contributed by atoms with E-state index in [0.717, 1.165) is 6.92 Å². The molecule has 2 rings (SSSR count). The van der Waals surface area contributed by atoms with Crippen LogP contribution >= 0.6 is 0 Å². The van der Waals surface area contributed by atoms with Crippen LogP contribution in [0.15, 0.2) is 6.07 Å². The summed E-state index contributed by atoms with van der Waals surface area (Å²) in [4.78, 5) is 0. The zero-order chi connectivity index (χ0) is 16.1. The summed E-state index contributed by atoms with van der Waals surface area (Å²) in [6.45, 7) is 0.938. The molecule has 0 aromatic heterocycles. The first kappa shape index (κ1) is 15.3. The van der Waals surface area contributed by atoms with E-state index in [9.17, 15) is 35.1 Å². The van der Waals surface area contributed by atoms with Crippen LogP contribution < -0.4 is 0 Å². The first-order chi connectivity index (χ1) is 9.68. The molecule has 0 amide bonds. The molecule has 0 bridgehead atoms. The van der Waals surface area contributed by atoms with E-state index < -0.39 is 63.2 Å². The van der Waals surface area contributed by atoms with E-state index in [1.807, 2.05) is 0 Å². The molecule has 0 aliphatic rings. The Morgan fingerprint density at radius 2 is 0.905 bits per heavy atom. The van der Waals surface area contributed by atoms with Crippen molar-refractivity contribution in [2.45, 2.75) is 6.92 Å². The number of aryl methyl sites for hydroxylation is 1. The van der Waals surface area contributed by atoms with Crippen molar-refractivity contribution in [1.29, 1.82) is 0 Å². The van der Waals surface area contributed by atoms with Gasteiger partial charge in [-0.1, -0.05) is 0 Å². The average Bonchev–Trinajstić information content (AvgIpc) is 2.44. The van der Waals surface area contributed by atoms with Gasteiger partial charge < -0.3 is 0 Å². The number of hydrogen-bond donors (Lipinski definition) is 0. The zero-order valence-electron chi connectivity index (χ0n) is 10.1. The van der Waals surface area contributed by atoms with Crippen LogP contribution in [-0.2, 0) is 0 Å². The summed E-state index contributed by atoms with van der Waals surface area (Å²) < 4.78 is 107. The monoisotopic (exact) mass is 312 g/mol. The highest BCUT2D eigenvalue weighted by molar-refractivity contribution is 5.68. The summed E-state index contributed by atoms with van der Waals surface area (Å²) in [5.41, 5.74) is -4.07. The molecule has 0 nitrogen and oxygen atoms in total. The lowest BCUT2D eigenvalue weighted by molar-refractivity contribution is 0.380. The highest BCUT2D eigenvalue weighted by atomic mass is 19.2. The van der Waals surface area contributed by atoms with E-state index in [4.69, 9.17) is 0 Å². The summed E-state index contributed by atoms with van der Waals surface area (Å²) >= 11 is 0. The summed E-state index contributed by atoms with van der Waals surface area (Å²) in [6, 6.07) is 0.389. The summed E-state index contributed by atoms with van der Waals surface area (Å²) in [6.07, 6.45) is 0. The minimum absolute atomic E-state index is 0.389. The molecule has 0 heterocycles. The molecule has 112 valence electrons. The Hall–Kier alpha value is -2.12. The van der Waals surface area contributed by atoms with Crippen molar-refractivity contribution in [2.75, 3.05) is 0 Å². The molecule has 0 aliphatic carbocycles. The highest BCUT2D eigenvalue weighted by Gasteiger charge is 2.31. The van der Waals surface area contributed by atoms with Gasteiger partial charge in [-0.15, -0.1) is 0 Å². The third-order valence-corrected chi connectivity index (χ3v) is 2.80. The van der Waals surface area contributed by atoms with Gasteiger partial charge in [0.05, 0.1) is 11.1 Å². The molecule has 0 saturated carbocycles. The molecule has 0 spiro atoms. The van der Waals surface area contributed by atoms with Gasteiger partial charge in [0.15, 0.2) is 34.9 Å². The molecule has 0 atom stereocenters. The predicted molar refractivity (Wildman–Crippen MR) is 56.3 cm³/mol. The third kappa shape index (κ3) is 2.14. The van der Waals surface area contributed by atoms with Crippen LogP contribution in [0.5, 0.6) is 0 Å². The van der Waals surface area contributed by atoms with Gasteiger partial charge in [-0.2, -0.15) is 0 Å². The van der Waals surface area contributed by atoms with Crippen molar-refractivity contribution in [1.82, 2.24) is 0 Å². The molecular formula is C13H4F8. The fourth-order valence-corrected chi connectivity index (χ4v) is 1.77. The Kier molecular flexibility index (Phi) is 3.65. The second-order valence-corrected chi connectivity index (χ2v) is 4.12. The SMILES string of the molecule is Cc1cc(F)c(F)c(-c2c(F)c(F)c(F)c(F)c2F)c1F. The number of benzene rings is 2. The maximum atomic E-state index is 13.8. The number of hydrogen-bond acceptors (Lipinski definition) is 0. The van der Waals surface area contributed by atoms with E-state index in [1.165, 1.54) is 0 Å². The smallest absolute Gasteiger partial charge is 0.200 e. The van der Waals surface area contributed by atoms with E-state index in [0.29, 0.717) is 6.07 Å². The number of rotatable bonds is 1. The topological polar surface area (TPSA) is 0 Å². The van der Waals surface area contributed by atoms with Crippen molar-refractivity contribution < 1.29 is 35.1 Å². The molecule has 21 heavy (non-hydrogen) atoms. The van der Waals surface area contributed by atoms with Gasteiger partial charge in [-0.25, -0.2) is 35.1 Å². The van der Waals surface area contributed by atoms with Crippen molar-refractivity contribution in [2.24, 2.45) is 0 Å². The summed E-state index contributed by atoms with van der Waals surface area (Å²) in [5.74, 6) is -17.5. The second kappa shape index (κ2) is 5.01. The molecule has 0 saturated heterocycles. The minimum Gasteiger partial charge on any atom is -0.206 e. The van der Waals surface area contributed by atoms with Crippen LogP contribution in [0, 0.1) is 53.5 Å². The van der Waals surface area contributed by atoms with E-state index >= 15 is 0 Å². The molecule has 2 aromatic carbocycles. The molecule has 0 radical (unpaired) electrons. The van der Waals surface area contributed by atoms with Gasteiger partial charge in [0.2, 0.25) is 5.82 Å². The van der Waals surface area contributed by atoms with Gasteiger partial charge >= 0.3 is 0 Å². The van der Waals surface area contributed by atoms with Crippen LogP contribution in [0.4, 0.5) is 35.1 Å². The lowest BCUT2D eigenvalue weighted by Gasteiger charge is -2.12. The first-order valence-electron chi connectivity index (χ1n) is 5.34. The fraction of sp³-hybridized carbons (Fsp3) is 0.0769. The maximum Gasteiger partial charge on any atom is 0.200 e. The van der Waals surface area contributed by atoms with Crippen LogP contribution in [0.3, 0.4) is 0 Å². The van der Waals surface area contributed by atoms with Crippen LogP contribution in [0.25, 0.3) is 11.1 Å². The van der Waals surface area contributed by atoms with Crippen molar-refractivity contribution in [3.05, 3.63) is 58.2 Å². The molecular weight excluding hydrogens is 308 g/mol.